The standard InChI is InChI=1S/C20H13BrN2O/c21-14-8-5-13(6-9-14)18-16-10-7-12-3-1-2-4-15(12)19(16)24-20(23)17(18)11-22/h1-10,18H,23H2/t18-/m0/s1. The maximum atomic E-state index is 9.61. The van der Waals surface area contributed by atoms with Crippen LogP contribution in [0.2, 0.25) is 0 Å². The van der Waals surface area contributed by atoms with E-state index < -0.39 is 0 Å². The number of hydrogen-bond acceptors (Lipinski definition) is 3. The first-order valence-electron chi connectivity index (χ1n) is 7.53. The number of fused-ring (bicyclic) bond motifs is 3. The molecule has 1 atom stereocenters. The SMILES string of the molecule is N#CC1=C(N)Oc2c(ccc3ccccc23)[C@@H]1c1ccc(Br)cc1. The third-order valence-electron chi connectivity index (χ3n) is 4.31. The minimum Gasteiger partial charge on any atom is -0.440 e. The number of ether oxygens (including phenoxy) is 1. The van der Waals surface area contributed by atoms with Gasteiger partial charge in [-0.2, -0.15) is 5.26 Å². The van der Waals surface area contributed by atoms with E-state index in [0.717, 1.165) is 32.1 Å². The van der Waals surface area contributed by atoms with Crippen LogP contribution in [0, 0.1) is 11.3 Å². The van der Waals surface area contributed by atoms with E-state index in [-0.39, 0.29) is 11.8 Å². The van der Waals surface area contributed by atoms with Crippen molar-refractivity contribution in [3.05, 3.63) is 87.7 Å². The highest BCUT2D eigenvalue weighted by molar-refractivity contribution is 9.10. The van der Waals surface area contributed by atoms with Crippen LogP contribution in [0.5, 0.6) is 5.75 Å². The molecule has 4 rings (SSSR count). The summed E-state index contributed by atoms with van der Waals surface area (Å²) in [6, 6.07) is 22.3. The van der Waals surface area contributed by atoms with Crippen LogP contribution in [0.1, 0.15) is 17.0 Å². The fourth-order valence-corrected chi connectivity index (χ4v) is 3.45. The molecule has 0 spiro atoms. The molecule has 3 nitrogen and oxygen atoms in total. The van der Waals surface area contributed by atoms with E-state index in [1.165, 1.54) is 0 Å². The number of rotatable bonds is 1. The summed E-state index contributed by atoms with van der Waals surface area (Å²) >= 11 is 3.45. The predicted octanol–water partition coefficient (Wildman–Crippen LogP) is 4.82. The van der Waals surface area contributed by atoms with E-state index in [4.69, 9.17) is 10.5 Å². The fraction of sp³-hybridized carbons (Fsp3) is 0.0500. The molecule has 2 N–H and O–H groups in total. The molecule has 3 aromatic rings. The fourth-order valence-electron chi connectivity index (χ4n) is 3.18. The number of benzene rings is 3. The third-order valence-corrected chi connectivity index (χ3v) is 4.84. The van der Waals surface area contributed by atoms with Crippen molar-refractivity contribution in [1.82, 2.24) is 0 Å². The van der Waals surface area contributed by atoms with Crippen molar-refractivity contribution in [2.24, 2.45) is 5.73 Å². The molecule has 116 valence electrons. The maximum Gasteiger partial charge on any atom is 0.205 e. The second-order valence-electron chi connectivity index (χ2n) is 5.68. The maximum absolute atomic E-state index is 9.61. The molecule has 1 aliphatic heterocycles. The molecule has 0 aromatic heterocycles. The Morgan fingerprint density at radius 2 is 1.75 bits per heavy atom. The molecule has 1 heterocycles. The molecule has 1 aliphatic rings. The largest absolute Gasteiger partial charge is 0.440 e. The van der Waals surface area contributed by atoms with Crippen LogP contribution >= 0.6 is 15.9 Å². The second kappa shape index (κ2) is 5.70. The van der Waals surface area contributed by atoms with Crippen molar-refractivity contribution >= 4 is 26.7 Å². The van der Waals surface area contributed by atoms with Crippen LogP contribution in [0.3, 0.4) is 0 Å². The first kappa shape index (κ1) is 14.8. The van der Waals surface area contributed by atoms with Crippen molar-refractivity contribution in [2.75, 3.05) is 0 Å². The van der Waals surface area contributed by atoms with Gasteiger partial charge in [0.1, 0.15) is 17.4 Å². The van der Waals surface area contributed by atoms with Gasteiger partial charge in [-0.3, -0.25) is 0 Å². The van der Waals surface area contributed by atoms with Gasteiger partial charge in [-0.1, -0.05) is 64.5 Å². The van der Waals surface area contributed by atoms with E-state index in [9.17, 15) is 5.26 Å². The molecule has 0 unspecified atom stereocenters. The van der Waals surface area contributed by atoms with E-state index in [1.54, 1.807) is 0 Å². The van der Waals surface area contributed by atoms with E-state index in [1.807, 2.05) is 54.6 Å². The summed E-state index contributed by atoms with van der Waals surface area (Å²) in [5.41, 5.74) is 8.49. The van der Waals surface area contributed by atoms with Gasteiger partial charge < -0.3 is 10.5 Å². The highest BCUT2D eigenvalue weighted by Gasteiger charge is 2.31. The molecule has 0 amide bonds. The van der Waals surface area contributed by atoms with E-state index in [0.29, 0.717) is 5.57 Å². The summed E-state index contributed by atoms with van der Waals surface area (Å²) in [5.74, 6) is 0.684. The van der Waals surface area contributed by atoms with Crippen molar-refractivity contribution in [3.63, 3.8) is 0 Å². The van der Waals surface area contributed by atoms with Crippen LogP contribution in [0.25, 0.3) is 10.8 Å². The van der Waals surface area contributed by atoms with Gasteiger partial charge in [0.15, 0.2) is 0 Å². The Bertz CT molecular complexity index is 1020. The first-order chi connectivity index (χ1) is 11.7. The van der Waals surface area contributed by atoms with E-state index in [2.05, 4.69) is 28.1 Å². The van der Waals surface area contributed by atoms with Crippen molar-refractivity contribution in [3.8, 4) is 11.8 Å². The number of nitrogens with two attached hydrogens (primary N) is 1. The lowest BCUT2D eigenvalue weighted by Crippen LogP contribution is -2.21. The number of nitriles is 1. The molecular weight excluding hydrogens is 364 g/mol. The van der Waals surface area contributed by atoms with Gasteiger partial charge in [-0.25, -0.2) is 0 Å². The second-order valence-corrected chi connectivity index (χ2v) is 6.60. The summed E-state index contributed by atoms with van der Waals surface area (Å²) in [6.45, 7) is 0. The smallest absolute Gasteiger partial charge is 0.205 e. The molecule has 0 fully saturated rings. The molecule has 3 aromatic carbocycles. The van der Waals surface area contributed by atoms with Crippen molar-refractivity contribution in [1.29, 1.82) is 5.26 Å². The molecule has 0 bridgehead atoms. The lowest BCUT2D eigenvalue weighted by molar-refractivity contribution is 0.398. The Morgan fingerprint density at radius 1 is 1.00 bits per heavy atom. The summed E-state index contributed by atoms with van der Waals surface area (Å²) in [7, 11) is 0. The zero-order chi connectivity index (χ0) is 16.7. The number of allylic oxidation sites excluding steroid dienone is 1. The predicted molar refractivity (Wildman–Crippen MR) is 97.4 cm³/mol. The van der Waals surface area contributed by atoms with Gasteiger partial charge in [-0.05, 0) is 23.1 Å². The van der Waals surface area contributed by atoms with Crippen molar-refractivity contribution in [2.45, 2.75) is 5.92 Å². The van der Waals surface area contributed by atoms with Gasteiger partial charge in [0.05, 0.1) is 5.92 Å². The first-order valence-corrected chi connectivity index (χ1v) is 8.33. The van der Waals surface area contributed by atoms with Gasteiger partial charge >= 0.3 is 0 Å². The Balaban J connectivity index is 2.00. The number of hydrogen-bond donors (Lipinski definition) is 1. The highest BCUT2D eigenvalue weighted by Crippen LogP contribution is 2.45. The van der Waals surface area contributed by atoms with E-state index >= 15 is 0 Å². The zero-order valence-electron chi connectivity index (χ0n) is 12.7. The lowest BCUT2D eigenvalue weighted by Gasteiger charge is -2.27. The van der Waals surface area contributed by atoms with Crippen LogP contribution in [0.4, 0.5) is 0 Å². The van der Waals surface area contributed by atoms with Crippen LogP contribution < -0.4 is 10.5 Å². The summed E-state index contributed by atoms with van der Waals surface area (Å²) in [5, 5.41) is 11.7. The topological polar surface area (TPSA) is 59.0 Å². The molecule has 0 aliphatic carbocycles. The minimum absolute atomic E-state index is 0.175. The number of halogens is 1. The molecular formula is C20H13BrN2O. The Kier molecular flexibility index (Phi) is 3.51. The highest BCUT2D eigenvalue weighted by atomic mass is 79.9. The van der Waals surface area contributed by atoms with Gasteiger partial charge in [0, 0.05) is 15.4 Å². The lowest BCUT2D eigenvalue weighted by atomic mass is 9.82. The molecule has 0 saturated heterocycles. The van der Waals surface area contributed by atoms with Gasteiger partial charge in [0.2, 0.25) is 5.88 Å². The normalized spacial score (nSPS) is 16.4. The van der Waals surface area contributed by atoms with Crippen molar-refractivity contribution < 1.29 is 4.74 Å². The average Bonchev–Trinajstić information content (AvgIpc) is 2.61. The van der Waals surface area contributed by atoms with Crippen LogP contribution in [-0.2, 0) is 0 Å². The molecule has 24 heavy (non-hydrogen) atoms. The van der Waals surface area contributed by atoms with Gasteiger partial charge in [-0.15, -0.1) is 0 Å². The monoisotopic (exact) mass is 376 g/mol. The summed E-state index contributed by atoms with van der Waals surface area (Å²) < 4.78 is 6.84. The molecule has 0 radical (unpaired) electrons. The quantitative estimate of drug-likeness (QED) is 0.662. The summed E-state index contributed by atoms with van der Waals surface area (Å²) in [4.78, 5) is 0. The third kappa shape index (κ3) is 2.26. The summed E-state index contributed by atoms with van der Waals surface area (Å²) in [6.07, 6.45) is 0. The average molecular weight is 377 g/mol. The minimum atomic E-state index is -0.226. The molecule has 4 heteroatoms. The van der Waals surface area contributed by atoms with Crippen LogP contribution in [0.15, 0.2) is 76.6 Å². The zero-order valence-corrected chi connectivity index (χ0v) is 14.2. The Morgan fingerprint density at radius 3 is 2.50 bits per heavy atom. The van der Waals surface area contributed by atoms with Crippen LogP contribution in [-0.4, -0.2) is 0 Å². The Labute approximate surface area is 148 Å². The number of nitrogens with zero attached hydrogens (tertiary/aromatic N) is 1. The molecule has 0 saturated carbocycles. The Hall–Kier alpha value is -2.77. The van der Waals surface area contributed by atoms with Gasteiger partial charge in [0.25, 0.3) is 0 Å².